The molecule has 0 spiro atoms. The van der Waals surface area contributed by atoms with Crippen LogP contribution in [-0.4, -0.2) is 69.4 Å². The Bertz CT molecular complexity index is 3060. The highest BCUT2D eigenvalue weighted by Crippen LogP contribution is 2.32. The van der Waals surface area contributed by atoms with Crippen LogP contribution in [0.3, 0.4) is 0 Å². The molecule has 0 saturated carbocycles. The SMILES string of the molecule is CCCCCCCCCCCCNS(=O)(=O)c1ccc(Cl)c(NS(=O)(=O)c2ccc(Cl)c(NC(=O)C(=Nc3ccc(N(CC)CCO)cc3C)c3nc4ccccc4c(=O)n3-c3ccccc3)c2)c1. The first-order valence-electron chi connectivity index (χ1n) is 23.2. The molecule has 0 fully saturated rings. The van der Waals surface area contributed by atoms with E-state index in [1.54, 1.807) is 60.7 Å². The van der Waals surface area contributed by atoms with Gasteiger partial charge in [0.15, 0.2) is 11.5 Å². The summed E-state index contributed by atoms with van der Waals surface area (Å²) in [5, 5.41) is 12.6. The highest BCUT2D eigenvalue weighted by molar-refractivity contribution is 7.92. The first-order valence-corrected chi connectivity index (χ1v) is 26.9. The minimum Gasteiger partial charge on any atom is -0.395 e. The number of aryl methyl sites for hydroxylation is 1. The van der Waals surface area contributed by atoms with Crippen molar-refractivity contribution in [2.75, 3.05) is 41.2 Å². The predicted molar refractivity (Wildman–Crippen MR) is 279 cm³/mol. The number of nitrogens with one attached hydrogen (secondary N) is 3. The van der Waals surface area contributed by atoms with Crippen LogP contribution >= 0.6 is 23.2 Å². The van der Waals surface area contributed by atoms with Gasteiger partial charge < -0.3 is 15.3 Å². The topological polar surface area (TPSA) is 192 Å². The zero-order chi connectivity index (χ0) is 49.6. The van der Waals surface area contributed by atoms with Gasteiger partial charge in [0.2, 0.25) is 10.0 Å². The minimum atomic E-state index is -4.50. The number of fused-ring (bicyclic) bond motifs is 1. The molecule has 14 nitrogen and oxygen atoms in total. The lowest BCUT2D eigenvalue weighted by atomic mass is 10.1. The third-order valence-corrected chi connectivity index (χ3v) is 15.0. The zero-order valence-corrected chi connectivity index (χ0v) is 42.2. The molecule has 1 aromatic heterocycles. The van der Waals surface area contributed by atoms with E-state index in [4.69, 9.17) is 33.2 Å². The average molecular weight is 1020 g/mol. The molecule has 0 unspecified atom stereocenters. The number of carbonyl (C=O) groups is 1. The number of aromatic nitrogens is 2. The molecule has 0 atom stereocenters. The molecule has 0 aliphatic heterocycles. The minimum absolute atomic E-state index is 0.0303. The van der Waals surface area contributed by atoms with Gasteiger partial charge in [0.25, 0.3) is 21.5 Å². The van der Waals surface area contributed by atoms with Crippen molar-refractivity contribution >= 4 is 88.5 Å². The fourth-order valence-electron chi connectivity index (χ4n) is 7.79. The lowest BCUT2D eigenvalue weighted by Gasteiger charge is -2.22. The molecule has 5 aromatic carbocycles. The Kier molecular flexibility index (Phi) is 18.9. The van der Waals surface area contributed by atoms with Crippen molar-refractivity contribution in [1.29, 1.82) is 0 Å². The zero-order valence-electron chi connectivity index (χ0n) is 39.0. The number of nitrogens with zero attached hydrogens (tertiary/aromatic N) is 4. The molecule has 0 radical (unpaired) electrons. The van der Waals surface area contributed by atoms with E-state index in [1.165, 1.54) is 67.4 Å². The van der Waals surface area contributed by atoms with Crippen LogP contribution in [0.4, 0.5) is 22.7 Å². The second kappa shape index (κ2) is 24.8. The number of aliphatic hydroxyl groups is 1. The summed E-state index contributed by atoms with van der Waals surface area (Å²) in [4.78, 5) is 40.3. The second-order valence-corrected chi connectivity index (χ2v) is 20.8. The van der Waals surface area contributed by atoms with Crippen LogP contribution in [0, 0.1) is 6.92 Å². The van der Waals surface area contributed by atoms with E-state index in [1.807, 2.05) is 30.9 Å². The normalized spacial score (nSPS) is 12.1. The maximum atomic E-state index is 14.8. The van der Waals surface area contributed by atoms with E-state index in [0.29, 0.717) is 47.4 Å². The average Bonchev–Trinajstić information content (AvgIpc) is 3.33. The molecule has 0 aliphatic rings. The number of carbonyl (C=O) groups excluding carboxylic acids is 1. The van der Waals surface area contributed by atoms with E-state index in [9.17, 15) is 31.5 Å². The van der Waals surface area contributed by atoms with Crippen molar-refractivity contribution in [1.82, 2.24) is 14.3 Å². The highest BCUT2D eigenvalue weighted by atomic mass is 35.5. The van der Waals surface area contributed by atoms with E-state index in [2.05, 4.69) is 21.7 Å². The molecule has 1 heterocycles. The van der Waals surface area contributed by atoms with Crippen LogP contribution in [0.1, 0.15) is 89.4 Å². The summed E-state index contributed by atoms with van der Waals surface area (Å²) in [5.74, 6) is -0.984. The number of halogens is 2. The van der Waals surface area contributed by atoms with Gasteiger partial charge in [-0.2, -0.15) is 0 Å². The molecule has 0 saturated heterocycles. The first kappa shape index (κ1) is 52.7. The summed E-state index contributed by atoms with van der Waals surface area (Å²) < 4.78 is 60.9. The maximum Gasteiger partial charge on any atom is 0.278 e. The van der Waals surface area contributed by atoms with Gasteiger partial charge in [0.1, 0.15) is 0 Å². The van der Waals surface area contributed by atoms with Crippen LogP contribution in [0.2, 0.25) is 10.0 Å². The Morgan fingerprint density at radius 3 is 2.00 bits per heavy atom. The molecular formula is C51H59Cl2N7O7S2. The smallest absolute Gasteiger partial charge is 0.278 e. The largest absolute Gasteiger partial charge is 0.395 e. The Morgan fingerprint density at radius 2 is 1.35 bits per heavy atom. The fourth-order valence-corrected chi connectivity index (χ4v) is 10.4. The van der Waals surface area contributed by atoms with Crippen LogP contribution in [0.15, 0.2) is 129 Å². The molecule has 6 rings (SSSR count). The van der Waals surface area contributed by atoms with Crippen LogP contribution < -0.4 is 25.2 Å². The number of aliphatic hydroxyl groups excluding tert-OH is 1. The maximum absolute atomic E-state index is 14.8. The van der Waals surface area contributed by atoms with Gasteiger partial charge in [-0.05, 0) is 105 Å². The number of sulfonamides is 2. The number of rotatable bonds is 25. The van der Waals surface area contributed by atoms with Crippen molar-refractivity contribution in [3.63, 3.8) is 0 Å². The summed E-state index contributed by atoms with van der Waals surface area (Å²) in [7, 11) is -8.51. The Balaban J connectivity index is 1.29. The van der Waals surface area contributed by atoms with Crippen molar-refractivity contribution in [2.24, 2.45) is 4.99 Å². The number of aliphatic imine (C=N–C) groups is 1. The van der Waals surface area contributed by atoms with Gasteiger partial charge in [-0.1, -0.05) is 118 Å². The predicted octanol–water partition coefficient (Wildman–Crippen LogP) is 10.6. The van der Waals surface area contributed by atoms with E-state index in [0.717, 1.165) is 37.1 Å². The van der Waals surface area contributed by atoms with Crippen molar-refractivity contribution in [3.05, 3.63) is 141 Å². The number of hydrogen-bond acceptors (Lipinski definition) is 10. The summed E-state index contributed by atoms with van der Waals surface area (Å²) in [5.41, 5.74) is 1.50. The highest BCUT2D eigenvalue weighted by Gasteiger charge is 2.26. The van der Waals surface area contributed by atoms with Crippen molar-refractivity contribution in [2.45, 2.75) is 94.8 Å². The molecule has 366 valence electrons. The Labute approximate surface area is 414 Å². The Morgan fingerprint density at radius 1 is 0.739 bits per heavy atom. The number of anilines is 3. The fraction of sp³-hybridized carbons (Fsp3) is 0.333. The van der Waals surface area contributed by atoms with Gasteiger partial charge in [-0.25, -0.2) is 31.5 Å². The summed E-state index contributed by atoms with van der Waals surface area (Å²) >= 11 is 13.1. The van der Waals surface area contributed by atoms with Crippen molar-refractivity contribution in [3.8, 4) is 5.69 Å². The van der Waals surface area contributed by atoms with Crippen LogP contribution in [0.5, 0.6) is 0 Å². The molecule has 0 aliphatic carbocycles. The number of amides is 1. The molecular weight excluding hydrogens is 958 g/mol. The summed E-state index contributed by atoms with van der Waals surface area (Å²) in [6.45, 7) is 7.19. The summed E-state index contributed by atoms with van der Waals surface area (Å²) in [6.07, 6.45) is 11.1. The third kappa shape index (κ3) is 13.8. The van der Waals surface area contributed by atoms with E-state index < -0.39 is 31.5 Å². The molecule has 4 N–H and O–H groups in total. The second-order valence-electron chi connectivity index (χ2n) is 16.6. The number of hydrogen-bond donors (Lipinski definition) is 4. The van der Waals surface area contributed by atoms with Gasteiger partial charge in [-0.15, -0.1) is 0 Å². The lowest BCUT2D eigenvalue weighted by molar-refractivity contribution is -0.110. The summed E-state index contributed by atoms with van der Waals surface area (Å²) in [6, 6.07) is 28.2. The molecule has 1 amide bonds. The monoisotopic (exact) mass is 1020 g/mol. The van der Waals surface area contributed by atoms with Gasteiger partial charge >= 0.3 is 0 Å². The number of unbranched alkanes of at least 4 members (excludes halogenated alkanes) is 9. The van der Waals surface area contributed by atoms with Crippen molar-refractivity contribution < 1.29 is 26.7 Å². The quantitative estimate of drug-likeness (QED) is 0.0319. The molecule has 69 heavy (non-hydrogen) atoms. The first-order chi connectivity index (χ1) is 33.2. The number of likely N-dealkylation sites (N-methyl/N-ethyl adjacent to an activating group) is 1. The van der Waals surface area contributed by atoms with E-state index >= 15 is 0 Å². The van der Waals surface area contributed by atoms with Gasteiger partial charge in [0.05, 0.1) is 60.1 Å². The molecule has 18 heteroatoms. The standard InChI is InChI=1S/C51H59Cl2N7O7S2/c1-4-6-7-8-9-10-11-12-13-19-30-54-68(64,65)39-25-28-43(53)47(35-39)58-69(66,67)40-26-27-42(52)46(34-40)57-50(62)48(55-44-29-24-38(33-36(44)3)59(5-2)31-32-61)49-56-45-23-18-17-22-41(45)51(63)60(49)37-20-15-14-16-21-37/h14-18,20-29,33-35,54,58,61H,4-13,19,30-32H2,1-3H3,(H,57,62). The van der Waals surface area contributed by atoms with E-state index in [-0.39, 0.29) is 55.9 Å². The molecule has 0 bridgehead atoms. The van der Waals surface area contributed by atoms with Gasteiger partial charge in [-0.3, -0.25) is 18.9 Å². The third-order valence-electron chi connectivity index (χ3n) is 11.6. The molecule has 6 aromatic rings. The number of para-hydroxylation sites is 2. The van der Waals surface area contributed by atoms with Gasteiger partial charge in [0, 0.05) is 25.3 Å². The lowest BCUT2D eigenvalue weighted by Crippen LogP contribution is -2.33. The van der Waals surface area contributed by atoms with Crippen LogP contribution in [-0.2, 0) is 24.8 Å². The Hall–Kier alpha value is -5.62. The number of benzene rings is 5. The van der Waals surface area contributed by atoms with Crippen LogP contribution in [0.25, 0.3) is 16.6 Å².